The molecule has 1 aliphatic carbocycles. The molecule has 4 heterocycles. The Labute approximate surface area is 748 Å². The van der Waals surface area contributed by atoms with Crippen molar-refractivity contribution >= 4 is 57.4 Å². The lowest BCUT2D eigenvalue weighted by molar-refractivity contribution is 0.0636. The number of hydrogen-bond donors (Lipinski definition) is 7. The normalized spacial score (nSPS) is 13.6. The lowest BCUT2D eigenvalue weighted by Crippen LogP contribution is -2.30. The highest BCUT2D eigenvalue weighted by molar-refractivity contribution is 6.23. The van der Waals surface area contributed by atoms with E-state index in [1.54, 1.807) is 18.2 Å². The number of nitroso groups, excluding NO2 is 1. The van der Waals surface area contributed by atoms with Crippen molar-refractivity contribution in [3.8, 4) is 34.1 Å². The van der Waals surface area contributed by atoms with Gasteiger partial charge in [0.15, 0.2) is 0 Å². The molecular weight excluding hydrogens is 1590 g/mol. The molecule has 9 N–H and O–H groups in total. The fraction of sp³-hybridized carbons (Fsp3) is 0.429. The molecule has 0 fully saturated rings. The number of phenols is 3. The van der Waals surface area contributed by atoms with E-state index in [0.29, 0.717) is 75.7 Å². The van der Waals surface area contributed by atoms with E-state index in [1.165, 1.54) is 43.4 Å². The van der Waals surface area contributed by atoms with Crippen molar-refractivity contribution in [2.45, 2.75) is 263 Å². The summed E-state index contributed by atoms with van der Waals surface area (Å²) in [7, 11) is 0. The van der Waals surface area contributed by atoms with Gasteiger partial charge in [-0.25, -0.2) is 0 Å². The number of amides is 4. The number of imide groups is 2. The van der Waals surface area contributed by atoms with Crippen LogP contribution >= 0.6 is 0 Å². The Balaban J connectivity index is 0.000000186. The Morgan fingerprint density at radius 1 is 0.394 bits per heavy atom. The number of fused-ring (bicyclic) bond motifs is 4. The van der Waals surface area contributed by atoms with E-state index >= 15 is 0 Å². The fourth-order valence-electron chi connectivity index (χ4n) is 18.4. The number of nitrogens with two attached hydrogens (primary N) is 2. The fourth-order valence-corrected chi connectivity index (χ4v) is 18.4. The van der Waals surface area contributed by atoms with Crippen LogP contribution in [-0.4, -0.2) is 81.4 Å². The van der Waals surface area contributed by atoms with Gasteiger partial charge in [-0.15, -0.1) is 19.9 Å². The molecule has 0 unspecified atom stereocenters. The Kier molecular flexibility index (Phi) is 28.6. The number of nitrogen functional groups attached to an aromatic ring is 2. The third-order valence-electron chi connectivity index (χ3n) is 24.6. The topological polar surface area (TPSA) is 335 Å². The average molecular weight is 1720 g/mol. The molecule has 22 heteroatoms. The Morgan fingerprint density at radius 2 is 0.732 bits per heavy atom. The number of nitrogens with one attached hydrogen (secondary N) is 2. The molecular formula is C105H132N12O10. The van der Waals surface area contributed by atoms with Gasteiger partial charge in [0.1, 0.15) is 45.0 Å². The molecule has 4 amide bonds. The molecule has 13 rings (SSSR count). The number of anilines is 3. The molecule has 8 aromatic carbocycles. The van der Waals surface area contributed by atoms with Crippen molar-refractivity contribution in [1.29, 1.82) is 5.41 Å². The van der Waals surface area contributed by atoms with E-state index in [0.717, 1.165) is 108 Å². The second-order valence-electron chi connectivity index (χ2n) is 41.5. The first-order chi connectivity index (χ1) is 59.1. The molecule has 0 spiro atoms. The molecule has 4 aliphatic rings. The standard InChI is InChI=1S/C35H42N4O3.C35H44N4O3.C23H31NO2.C12H15N3O2/c1-9-10-16-38-31(41)24-19-27-28(20-25(24)32(38)42)37-39(36-27)29-18-23(34(5,6)21-33(2,3)4)17-26(30(29)40)35(7,8)22-14-12-11-13-15-22;1-9-10-16-39-31(41)24-19-27(36)28(20-25(24)32(39)42)37-38-29-18-23(34(5,6)21-33(2,3)4)17-26(30(29)40)35(7,8)22-14-12-11-13-15-22;1-21(2,3)15-22(4,5)17-13-18(20(25)19(14-17)24-26)23(6,7)16-11-9-8-10-12-16;1-2-3-4-15-11(16)7-5-9(13)10(14)6-8(7)12(15)17/h11-15,17-20,40H,9-10,16,21H2,1-8H3;11-15,17-20,36,38,40H,9-10,16,21H2,1-8H3;8-14,25H,15H2,1-7H3;5-6H,2-4,13-14H2,1H3. The molecule has 3 aliphatic heterocycles. The van der Waals surface area contributed by atoms with Gasteiger partial charge in [-0.05, 0) is 164 Å². The van der Waals surface area contributed by atoms with Crippen molar-refractivity contribution in [3.05, 3.63) is 272 Å². The monoisotopic (exact) mass is 1720 g/mol. The summed E-state index contributed by atoms with van der Waals surface area (Å²) in [5, 5.41) is 60.0. The third kappa shape index (κ3) is 21.2. The van der Waals surface area contributed by atoms with Gasteiger partial charge in [0.2, 0.25) is 0 Å². The SMILES string of the molecule is CC(C)(C)CC(C)(C)c1cc(N=O)c(O)c(C(C)(C)c2ccccc2)c1.CCCCN1C(=O)c2cc(N)c(N)cc2C1=O.CCCCN1C(=O)c2cc3nn(-c4cc(C(C)(C)CC(C)(C)C)cc(C(C)(C)c5ccccc5)c4O)nc3cc2C1=O.CCCCn1c(=O)c2cc(=N)c(=NNc3cc(C(C)(C)CC(C)(C)C)cc(C(C)(C)c4ccccc4)c3O)cc-2c1=O. The van der Waals surface area contributed by atoms with Gasteiger partial charge >= 0.3 is 0 Å². The first kappa shape index (κ1) is 97.0. The van der Waals surface area contributed by atoms with Gasteiger partial charge in [0, 0.05) is 52.6 Å². The quantitative estimate of drug-likeness (QED) is 0.00919. The van der Waals surface area contributed by atoms with E-state index in [2.05, 4.69) is 198 Å². The van der Waals surface area contributed by atoms with E-state index in [1.807, 2.05) is 106 Å². The second kappa shape index (κ2) is 37.4. The van der Waals surface area contributed by atoms with Gasteiger partial charge in [-0.1, -0.05) is 295 Å². The van der Waals surface area contributed by atoms with Crippen molar-refractivity contribution in [1.82, 2.24) is 29.4 Å². The van der Waals surface area contributed by atoms with E-state index < -0.39 is 16.2 Å². The summed E-state index contributed by atoms with van der Waals surface area (Å²) in [6, 6.07) is 51.3. The van der Waals surface area contributed by atoms with Gasteiger partial charge in [-0.3, -0.25) is 54.0 Å². The minimum Gasteiger partial charge on any atom is -0.505 e. The van der Waals surface area contributed by atoms with Crippen LogP contribution < -0.4 is 38.7 Å². The molecule has 9 aromatic rings. The molecule has 22 nitrogen and oxygen atoms in total. The first-order valence-electron chi connectivity index (χ1n) is 44.3. The smallest absolute Gasteiger partial charge is 0.261 e. The summed E-state index contributed by atoms with van der Waals surface area (Å²) < 4.78 is 1.25. The average Bonchev–Trinajstić information content (AvgIpc) is 0.977. The van der Waals surface area contributed by atoms with Crippen LogP contribution in [0.5, 0.6) is 17.2 Å². The number of hydrogen-bond acceptors (Lipinski definition) is 18. The van der Waals surface area contributed by atoms with Gasteiger partial charge in [-0.2, -0.15) is 5.10 Å². The maximum Gasteiger partial charge on any atom is 0.261 e. The predicted octanol–water partition coefficient (Wildman–Crippen LogP) is 21.8. The number of aromatic hydroxyl groups is 3. The zero-order chi connectivity index (χ0) is 94.0. The Hall–Kier alpha value is -12.2. The minimum atomic E-state index is -0.515. The maximum absolute atomic E-state index is 13.1. The van der Waals surface area contributed by atoms with Crippen LogP contribution in [0, 0.1) is 26.6 Å². The first-order valence-corrected chi connectivity index (χ1v) is 44.3. The molecule has 0 saturated heterocycles. The summed E-state index contributed by atoms with van der Waals surface area (Å²) in [5.41, 5.74) is 25.1. The van der Waals surface area contributed by atoms with Crippen molar-refractivity contribution in [2.75, 3.05) is 30.0 Å². The Bertz CT molecular complexity index is 6030. The maximum atomic E-state index is 13.1. The number of rotatable bonds is 25. The summed E-state index contributed by atoms with van der Waals surface area (Å²) in [5.74, 6) is -0.974. The second-order valence-corrected chi connectivity index (χ2v) is 41.5. The number of phenolic OH excluding ortho intramolecular Hbond substituents is 3. The molecule has 127 heavy (non-hydrogen) atoms. The zero-order valence-electron chi connectivity index (χ0n) is 79.0. The molecule has 672 valence electrons. The Morgan fingerprint density at radius 3 is 1.10 bits per heavy atom. The van der Waals surface area contributed by atoms with Crippen LogP contribution in [0.15, 0.2) is 184 Å². The van der Waals surface area contributed by atoms with Crippen LogP contribution in [0.2, 0.25) is 0 Å². The lowest BCUT2D eigenvalue weighted by Gasteiger charge is -2.35. The van der Waals surface area contributed by atoms with Crippen molar-refractivity contribution in [2.24, 2.45) is 26.5 Å². The number of aromatic nitrogens is 4. The highest BCUT2D eigenvalue weighted by Gasteiger charge is 2.41. The van der Waals surface area contributed by atoms with Gasteiger partial charge in [0.25, 0.3) is 34.7 Å². The molecule has 0 saturated carbocycles. The van der Waals surface area contributed by atoms with Gasteiger partial charge in [0.05, 0.1) is 55.8 Å². The molecule has 0 radical (unpaired) electrons. The molecule has 1 aromatic heterocycles. The summed E-state index contributed by atoms with van der Waals surface area (Å²) in [4.78, 5) is 91.3. The van der Waals surface area contributed by atoms with Crippen LogP contribution in [0.4, 0.5) is 22.7 Å². The highest BCUT2D eigenvalue weighted by atomic mass is 16.3. The van der Waals surface area contributed by atoms with E-state index in [-0.39, 0.29) is 112 Å². The predicted molar refractivity (Wildman–Crippen MR) is 511 cm³/mol. The number of nitrogens with zero attached hydrogens (tertiary/aromatic N) is 8. The lowest BCUT2D eigenvalue weighted by atomic mass is 9.70. The van der Waals surface area contributed by atoms with Crippen LogP contribution in [0.3, 0.4) is 0 Å². The van der Waals surface area contributed by atoms with Crippen LogP contribution in [0.1, 0.15) is 315 Å². The summed E-state index contributed by atoms with van der Waals surface area (Å²) >= 11 is 0. The van der Waals surface area contributed by atoms with Gasteiger partial charge < -0.3 is 26.8 Å². The number of carbonyl (C=O) groups is 4. The number of carbonyl (C=O) groups excluding carboxylic acids is 4. The largest absolute Gasteiger partial charge is 0.505 e. The summed E-state index contributed by atoms with van der Waals surface area (Å²) in [6.45, 7) is 53.0. The van der Waals surface area contributed by atoms with Crippen molar-refractivity contribution < 1.29 is 34.5 Å². The van der Waals surface area contributed by atoms with E-state index in [4.69, 9.17) is 27.1 Å². The van der Waals surface area contributed by atoms with Crippen molar-refractivity contribution in [3.63, 3.8) is 0 Å². The number of benzene rings is 9. The minimum absolute atomic E-state index is 0.0216. The zero-order valence-corrected chi connectivity index (χ0v) is 79.0. The molecule has 0 bridgehead atoms. The van der Waals surface area contributed by atoms with E-state index in [9.17, 15) is 49.0 Å². The third-order valence-corrected chi connectivity index (χ3v) is 24.6. The molecule has 0 atom stereocenters. The number of unbranched alkanes of at least 4 members (excludes halogenated alkanes) is 3. The van der Waals surface area contributed by atoms with Crippen LogP contribution in [0.25, 0.3) is 27.8 Å². The van der Waals surface area contributed by atoms with Crippen LogP contribution in [-0.2, 0) is 39.0 Å². The highest BCUT2D eigenvalue weighted by Crippen LogP contribution is 2.50. The summed E-state index contributed by atoms with van der Waals surface area (Å²) in [6.07, 6.45) is 7.76.